The Morgan fingerprint density at radius 3 is 1.33 bits per heavy atom. The lowest BCUT2D eigenvalue weighted by Crippen LogP contribution is -2.01. The van der Waals surface area contributed by atoms with E-state index in [4.69, 9.17) is 0 Å². The summed E-state index contributed by atoms with van der Waals surface area (Å²) in [5.74, 6) is -2.02. The molecule has 0 rings (SSSR count). The van der Waals surface area contributed by atoms with Crippen molar-refractivity contribution in [2.24, 2.45) is 0 Å². The zero-order valence-electron chi connectivity index (χ0n) is 6.39. The van der Waals surface area contributed by atoms with Crippen LogP contribution in [0.25, 0.3) is 0 Å². The van der Waals surface area contributed by atoms with Crippen LogP contribution in [0.4, 0.5) is 0 Å². The van der Waals surface area contributed by atoms with E-state index in [-0.39, 0.29) is 11.3 Å². The Balaban J connectivity index is 4.21. The predicted octanol–water partition coefficient (Wildman–Crippen LogP) is 3.48. The molecule has 0 fully saturated rings. The molecule has 0 aromatic carbocycles. The van der Waals surface area contributed by atoms with Crippen molar-refractivity contribution in [2.45, 2.75) is 39.0 Å². The van der Waals surface area contributed by atoms with Gasteiger partial charge in [0, 0.05) is 11.3 Å². The van der Waals surface area contributed by atoms with Gasteiger partial charge in [-0.05, 0) is 15.5 Å². The molecule has 0 aliphatic carbocycles. The highest BCUT2D eigenvalue weighted by Gasteiger charge is 2.26. The van der Waals surface area contributed by atoms with Gasteiger partial charge in [-0.15, -0.1) is 0 Å². The fourth-order valence-electron chi connectivity index (χ4n) is 0.596. The monoisotopic (exact) mass is 212 g/mol. The maximum Gasteiger partial charge on any atom is 0.152 e. The second-order valence-electron chi connectivity index (χ2n) is 2.81. The molecule has 0 aromatic rings. The molecule has 9 heavy (non-hydrogen) atoms. The molecule has 0 atom stereocenters. The second kappa shape index (κ2) is 3.21. The topological polar surface area (TPSA) is 17.1 Å². The lowest BCUT2D eigenvalue weighted by atomic mass is 10.5. The summed E-state index contributed by atoms with van der Waals surface area (Å²) in [4.78, 5) is 0. The van der Waals surface area contributed by atoms with Crippen molar-refractivity contribution >= 4 is 21.3 Å². The average Bonchev–Trinajstić information content (AvgIpc) is 1.65. The molecule has 0 N–H and O–H groups in total. The Bertz CT molecular complexity index is 119. The highest BCUT2D eigenvalue weighted by Crippen LogP contribution is 2.61. The molecule has 0 aliphatic rings. The largest absolute Gasteiger partial charge is 0.311 e. The molecular weight excluding hydrogens is 199 g/mol. The highest BCUT2D eigenvalue weighted by molar-refractivity contribution is 9.40. The van der Waals surface area contributed by atoms with E-state index in [0.29, 0.717) is 0 Å². The van der Waals surface area contributed by atoms with Crippen LogP contribution in [-0.2, 0) is 4.57 Å². The Kier molecular flexibility index (Phi) is 3.46. The van der Waals surface area contributed by atoms with Gasteiger partial charge < -0.3 is 4.57 Å². The van der Waals surface area contributed by atoms with Gasteiger partial charge in [0.05, 0.1) is 0 Å². The maximum atomic E-state index is 11.5. The number of rotatable bonds is 2. The smallest absolute Gasteiger partial charge is 0.152 e. The first-order valence-electron chi connectivity index (χ1n) is 3.18. The van der Waals surface area contributed by atoms with Gasteiger partial charge in [-0.3, -0.25) is 0 Å². The molecule has 1 nitrogen and oxygen atoms in total. The van der Waals surface area contributed by atoms with Gasteiger partial charge in [-0.2, -0.15) is 0 Å². The lowest BCUT2D eigenvalue weighted by Gasteiger charge is -2.18. The molecule has 0 heterocycles. The molecule has 0 radical (unpaired) electrons. The maximum absolute atomic E-state index is 11.5. The van der Waals surface area contributed by atoms with Crippen molar-refractivity contribution in [3.8, 4) is 0 Å². The molecule has 0 bridgehead atoms. The van der Waals surface area contributed by atoms with Crippen LogP contribution in [0.1, 0.15) is 27.7 Å². The predicted molar refractivity (Wildman–Crippen MR) is 46.8 cm³/mol. The van der Waals surface area contributed by atoms with Gasteiger partial charge in [0.2, 0.25) is 0 Å². The summed E-state index contributed by atoms with van der Waals surface area (Å²) < 4.78 is 11.5. The van der Waals surface area contributed by atoms with Crippen molar-refractivity contribution in [2.75, 3.05) is 0 Å². The fraction of sp³-hybridized carbons (Fsp3) is 1.00. The molecule has 0 saturated heterocycles. The van der Waals surface area contributed by atoms with Crippen molar-refractivity contribution in [3.63, 3.8) is 0 Å². The summed E-state index contributed by atoms with van der Waals surface area (Å²) in [6, 6.07) is 0. The van der Waals surface area contributed by atoms with E-state index in [9.17, 15) is 4.57 Å². The standard InChI is InChI=1S/C6H14BrOP/c1-5(2)9(7,8)6(3)4/h5-6H,1-4H3. The van der Waals surface area contributed by atoms with E-state index < -0.39 is 5.84 Å². The van der Waals surface area contributed by atoms with Crippen LogP contribution < -0.4 is 0 Å². The molecule has 0 aliphatic heterocycles. The van der Waals surface area contributed by atoms with Gasteiger partial charge in [-0.25, -0.2) is 0 Å². The summed E-state index contributed by atoms with van der Waals surface area (Å²) in [5, 5.41) is 0. The number of hydrogen-bond acceptors (Lipinski definition) is 1. The van der Waals surface area contributed by atoms with Crippen molar-refractivity contribution in [1.82, 2.24) is 0 Å². The molecule has 0 amide bonds. The van der Waals surface area contributed by atoms with E-state index in [1.807, 2.05) is 27.7 Å². The van der Waals surface area contributed by atoms with E-state index in [0.717, 1.165) is 0 Å². The minimum absolute atomic E-state index is 0.262. The van der Waals surface area contributed by atoms with Crippen LogP contribution in [0.15, 0.2) is 0 Å². The highest BCUT2D eigenvalue weighted by atomic mass is 79.9. The van der Waals surface area contributed by atoms with Gasteiger partial charge in [0.25, 0.3) is 0 Å². The molecule has 3 heteroatoms. The van der Waals surface area contributed by atoms with E-state index in [2.05, 4.69) is 15.5 Å². The Hall–Kier alpha value is 0.710. The van der Waals surface area contributed by atoms with Crippen molar-refractivity contribution in [3.05, 3.63) is 0 Å². The normalized spacial score (nSPS) is 13.2. The van der Waals surface area contributed by atoms with Gasteiger partial charge in [0.15, 0.2) is 5.84 Å². The minimum Gasteiger partial charge on any atom is -0.311 e. The first-order chi connectivity index (χ1) is 3.89. The molecule has 0 spiro atoms. The van der Waals surface area contributed by atoms with Crippen LogP contribution in [0.5, 0.6) is 0 Å². The average molecular weight is 213 g/mol. The lowest BCUT2D eigenvalue weighted by molar-refractivity contribution is 0.574. The first kappa shape index (κ1) is 9.71. The summed E-state index contributed by atoms with van der Waals surface area (Å²) in [6.45, 7) is 7.93. The Labute approximate surface area is 65.3 Å². The SMILES string of the molecule is CC(C)P(=O)(Br)C(C)C. The van der Waals surface area contributed by atoms with Gasteiger partial charge in [0.1, 0.15) is 0 Å². The Morgan fingerprint density at radius 2 is 1.33 bits per heavy atom. The van der Waals surface area contributed by atoms with Crippen LogP contribution in [0.3, 0.4) is 0 Å². The van der Waals surface area contributed by atoms with Crippen LogP contribution in [-0.4, -0.2) is 11.3 Å². The zero-order chi connectivity index (χ0) is 7.65. The third-order valence-electron chi connectivity index (χ3n) is 1.41. The third kappa shape index (κ3) is 2.43. The van der Waals surface area contributed by atoms with Crippen molar-refractivity contribution < 1.29 is 4.57 Å². The van der Waals surface area contributed by atoms with Crippen molar-refractivity contribution in [1.29, 1.82) is 0 Å². The molecule has 0 saturated carbocycles. The van der Waals surface area contributed by atoms with Gasteiger partial charge in [-0.1, -0.05) is 27.7 Å². The molecule has 0 aromatic heterocycles. The van der Waals surface area contributed by atoms with E-state index in [1.54, 1.807) is 0 Å². The van der Waals surface area contributed by atoms with Crippen LogP contribution >= 0.6 is 21.3 Å². The summed E-state index contributed by atoms with van der Waals surface area (Å²) in [6.07, 6.45) is 0. The summed E-state index contributed by atoms with van der Waals surface area (Å²) >= 11 is 3.27. The molecular formula is C6H14BrOP. The summed E-state index contributed by atoms with van der Waals surface area (Å²) in [7, 11) is 0. The summed E-state index contributed by atoms with van der Waals surface area (Å²) in [5.41, 5.74) is 0.523. The molecule has 0 unspecified atom stereocenters. The quantitative estimate of drug-likeness (QED) is 0.641. The third-order valence-corrected chi connectivity index (χ3v) is 9.14. The minimum atomic E-state index is -2.02. The van der Waals surface area contributed by atoms with E-state index in [1.165, 1.54) is 0 Å². The zero-order valence-corrected chi connectivity index (χ0v) is 8.87. The Morgan fingerprint density at radius 1 is 1.11 bits per heavy atom. The van der Waals surface area contributed by atoms with Crippen LogP contribution in [0.2, 0.25) is 0 Å². The number of hydrogen-bond donors (Lipinski definition) is 0. The number of halogens is 1. The van der Waals surface area contributed by atoms with E-state index >= 15 is 0 Å². The molecule has 56 valence electrons. The second-order valence-corrected chi connectivity index (χ2v) is 9.45. The van der Waals surface area contributed by atoms with Gasteiger partial charge >= 0.3 is 0 Å². The van der Waals surface area contributed by atoms with Crippen LogP contribution in [0, 0.1) is 0 Å². The first-order valence-corrected chi connectivity index (χ1v) is 7.04. The fourth-order valence-corrected chi connectivity index (χ4v) is 1.79.